The summed E-state index contributed by atoms with van der Waals surface area (Å²) in [6.07, 6.45) is 6.96. The Kier molecular flexibility index (Phi) is 5.62. The van der Waals surface area contributed by atoms with Crippen molar-refractivity contribution in [1.29, 1.82) is 0 Å². The molecular weight excluding hydrogens is 294 g/mol. The van der Waals surface area contributed by atoms with Crippen LogP contribution in [0.15, 0.2) is 59.6 Å². The molecule has 0 saturated heterocycles. The van der Waals surface area contributed by atoms with Crippen LogP contribution in [0, 0.1) is 0 Å². The zero-order valence-electron chi connectivity index (χ0n) is 12.6. The lowest BCUT2D eigenvalue weighted by molar-refractivity contribution is 0.455. The molecule has 3 heteroatoms. The first-order valence-corrected chi connectivity index (χ1v) is 7.63. The van der Waals surface area contributed by atoms with Gasteiger partial charge in [0.05, 0.1) is 0 Å². The molecule has 2 aromatic rings. The zero-order chi connectivity index (χ0) is 14.5. The molecule has 0 amide bonds. The fourth-order valence-electron chi connectivity index (χ4n) is 3.27. The molecule has 2 nitrogen and oxygen atoms in total. The van der Waals surface area contributed by atoms with E-state index in [1.165, 1.54) is 31.2 Å². The first kappa shape index (κ1) is 16.6. The average molecular weight is 316 g/mol. The summed E-state index contributed by atoms with van der Waals surface area (Å²) < 4.78 is 0. The summed E-state index contributed by atoms with van der Waals surface area (Å²) in [6, 6.07) is 18.0. The number of nitrogens with zero attached hydrogens (tertiary/aromatic N) is 1. The summed E-state index contributed by atoms with van der Waals surface area (Å²) in [5.41, 5.74) is 2.67. The van der Waals surface area contributed by atoms with Crippen LogP contribution in [0.5, 0.6) is 5.75 Å². The molecule has 0 radical (unpaired) electrons. The van der Waals surface area contributed by atoms with Gasteiger partial charge in [0.25, 0.3) is 0 Å². The van der Waals surface area contributed by atoms with E-state index in [2.05, 4.69) is 30.3 Å². The number of hydrogen-bond acceptors (Lipinski definition) is 2. The van der Waals surface area contributed by atoms with Gasteiger partial charge in [-0.05, 0) is 48.2 Å². The Hall–Kier alpha value is -1.80. The van der Waals surface area contributed by atoms with Crippen LogP contribution in [0.1, 0.15) is 36.8 Å². The van der Waals surface area contributed by atoms with Crippen LogP contribution in [-0.2, 0) is 5.41 Å². The highest BCUT2D eigenvalue weighted by molar-refractivity contribution is 5.85. The largest absolute Gasteiger partial charge is 0.508 e. The quantitative estimate of drug-likeness (QED) is 0.812. The van der Waals surface area contributed by atoms with Gasteiger partial charge in [-0.1, -0.05) is 43.2 Å². The molecule has 0 spiro atoms. The third-order valence-electron chi connectivity index (χ3n) is 4.47. The van der Waals surface area contributed by atoms with Gasteiger partial charge in [0.2, 0.25) is 0 Å². The highest BCUT2D eigenvalue weighted by Crippen LogP contribution is 2.41. The smallest absolute Gasteiger partial charge is 0.115 e. The molecule has 1 aliphatic rings. The molecule has 116 valence electrons. The van der Waals surface area contributed by atoms with Crippen LogP contribution in [-0.4, -0.2) is 17.9 Å². The average Bonchev–Trinajstić information content (AvgIpc) is 3.00. The maximum Gasteiger partial charge on any atom is 0.115 e. The first-order chi connectivity index (χ1) is 10.3. The number of halogens is 1. The number of benzene rings is 2. The molecule has 1 saturated carbocycles. The predicted octanol–water partition coefficient (Wildman–Crippen LogP) is 4.74. The van der Waals surface area contributed by atoms with E-state index >= 15 is 0 Å². The second-order valence-corrected chi connectivity index (χ2v) is 5.91. The molecule has 0 bridgehead atoms. The van der Waals surface area contributed by atoms with Crippen molar-refractivity contribution in [1.82, 2.24) is 0 Å². The topological polar surface area (TPSA) is 32.6 Å². The van der Waals surface area contributed by atoms with Crippen molar-refractivity contribution in [3.8, 4) is 5.75 Å². The van der Waals surface area contributed by atoms with Crippen LogP contribution in [0.25, 0.3) is 0 Å². The van der Waals surface area contributed by atoms with Crippen molar-refractivity contribution >= 4 is 18.6 Å². The summed E-state index contributed by atoms with van der Waals surface area (Å²) in [6.45, 7) is 0.845. The van der Waals surface area contributed by atoms with Crippen molar-refractivity contribution in [3.63, 3.8) is 0 Å². The Bertz CT molecular complexity index is 601. The van der Waals surface area contributed by atoms with Crippen molar-refractivity contribution in [3.05, 3.63) is 65.7 Å². The summed E-state index contributed by atoms with van der Waals surface area (Å²) >= 11 is 0. The van der Waals surface area contributed by atoms with Crippen molar-refractivity contribution in [2.45, 2.75) is 31.1 Å². The molecule has 1 aliphatic carbocycles. The maximum absolute atomic E-state index is 9.30. The standard InChI is InChI=1S/C19H21NO.ClH/c21-18-10-8-16(9-11-18)14-20-15-19(12-4-5-13-19)17-6-2-1-3-7-17;/h1-3,6-11,14,21H,4-5,12-13,15H2;1H. The van der Waals surface area contributed by atoms with Gasteiger partial charge in [-0.2, -0.15) is 0 Å². The van der Waals surface area contributed by atoms with Crippen molar-refractivity contribution in [2.24, 2.45) is 4.99 Å². The minimum absolute atomic E-state index is 0. The Morgan fingerprint density at radius 1 is 0.955 bits per heavy atom. The Labute approximate surface area is 138 Å². The van der Waals surface area contributed by atoms with E-state index in [0.717, 1.165) is 12.1 Å². The molecule has 22 heavy (non-hydrogen) atoms. The lowest BCUT2D eigenvalue weighted by Crippen LogP contribution is -2.25. The molecule has 1 N–H and O–H groups in total. The van der Waals surface area contributed by atoms with E-state index in [-0.39, 0.29) is 17.8 Å². The Morgan fingerprint density at radius 3 is 2.23 bits per heavy atom. The van der Waals surface area contributed by atoms with Crippen LogP contribution in [0.4, 0.5) is 0 Å². The van der Waals surface area contributed by atoms with Crippen LogP contribution in [0.3, 0.4) is 0 Å². The highest BCUT2D eigenvalue weighted by Gasteiger charge is 2.34. The highest BCUT2D eigenvalue weighted by atomic mass is 35.5. The molecule has 0 unspecified atom stereocenters. The van der Waals surface area contributed by atoms with Gasteiger partial charge in [-0.3, -0.25) is 4.99 Å². The number of aromatic hydroxyl groups is 1. The van der Waals surface area contributed by atoms with E-state index in [4.69, 9.17) is 4.99 Å². The third kappa shape index (κ3) is 3.69. The molecule has 1 fully saturated rings. The third-order valence-corrected chi connectivity index (χ3v) is 4.47. The molecule has 2 aromatic carbocycles. The van der Waals surface area contributed by atoms with E-state index < -0.39 is 0 Å². The summed E-state index contributed by atoms with van der Waals surface area (Å²) in [7, 11) is 0. The van der Waals surface area contributed by atoms with Crippen molar-refractivity contribution < 1.29 is 5.11 Å². The summed E-state index contributed by atoms with van der Waals surface area (Å²) in [4.78, 5) is 4.70. The predicted molar refractivity (Wildman–Crippen MR) is 94.4 cm³/mol. The minimum Gasteiger partial charge on any atom is -0.508 e. The normalized spacial score (nSPS) is 16.5. The lowest BCUT2D eigenvalue weighted by atomic mass is 9.79. The van der Waals surface area contributed by atoms with Gasteiger partial charge in [0, 0.05) is 18.2 Å². The molecule has 0 aliphatic heterocycles. The summed E-state index contributed by atoms with van der Waals surface area (Å²) in [5.74, 6) is 0.295. The molecule has 0 heterocycles. The second kappa shape index (κ2) is 7.46. The number of rotatable bonds is 4. The number of aliphatic imine (C=N–C) groups is 1. The second-order valence-electron chi connectivity index (χ2n) is 5.91. The number of phenols is 1. The minimum atomic E-state index is 0. The fraction of sp³-hybridized carbons (Fsp3) is 0.316. The van der Waals surface area contributed by atoms with E-state index in [0.29, 0.717) is 5.75 Å². The number of hydrogen-bond donors (Lipinski definition) is 1. The monoisotopic (exact) mass is 315 g/mol. The van der Waals surface area contributed by atoms with Crippen LogP contribution >= 0.6 is 12.4 Å². The van der Waals surface area contributed by atoms with Crippen LogP contribution < -0.4 is 0 Å². The van der Waals surface area contributed by atoms with Gasteiger partial charge in [-0.25, -0.2) is 0 Å². The molecule has 0 atom stereocenters. The Balaban J connectivity index is 0.00000176. The first-order valence-electron chi connectivity index (χ1n) is 7.63. The van der Waals surface area contributed by atoms with Crippen LogP contribution in [0.2, 0.25) is 0 Å². The molecule has 3 rings (SSSR count). The van der Waals surface area contributed by atoms with Gasteiger partial charge >= 0.3 is 0 Å². The molecule has 0 aromatic heterocycles. The Morgan fingerprint density at radius 2 is 1.59 bits per heavy atom. The van der Waals surface area contributed by atoms with E-state index in [1.807, 2.05) is 18.3 Å². The molecular formula is C19H22ClNO. The maximum atomic E-state index is 9.30. The van der Waals surface area contributed by atoms with Crippen molar-refractivity contribution in [2.75, 3.05) is 6.54 Å². The van der Waals surface area contributed by atoms with Gasteiger partial charge in [0.1, 0.15) is 5.75 Å². The van der Waals surface area contributed by atoms with E-state index in [1.54, 1.807) is 12.1 Å². The zero-order valence-corrected chi connectivity index (χ0v) is 13.4. The van der Waals surface area contributed by atoms with Gasteiger partial charge in [-0.15, -0.1) is 12.4 Å². The SMILES string of the molecule is Cl.Oc1ccc(C=NCC2(c3ccccc3)CCCC2)cc1. The van der Waals surface area contributed by atoms with E-state index in [9.17, 15) is 5.11 Å². The van der Waals surface area contributed by atoms with Gasteiger partial charge < -0.3 is 5.11 Å². The summed E-state index contributed by atoms with van der Waals surface area (Å²) in [5, 5.41) is 9.30. The number of phenolic OH excluding ortho intramolecular Hbond substituents is 1. The fourth-order valence-corrected chi connectivity index (χ4v) is 3.27. The van der Waals surface area contributed by atoms with Gasteiger partial charge in [0.15, 0.2) is 0 Å². The lowest BCUT2D eigenvalue weighted by Gasteiger charge is -2.27.